The molecule has 0 fully saturated rings. The molecule has 0 saturated heterocycles. The molecule has 1 heterocycles. The summed E-state index contributed by atoms with van der Waals surface area (Å²) in [5.41, 5.74) is 6.57. The molecule has 2 N–H and O–H groups in total. The van der Waals surface area contributed by atoms with Gasteiger partial charge < -0.3 is 10.6 Å². The number of rotatable bonds is 8. The number of nitrogens with zero attached hydrogens (tertiary/aromatic N) is 3. The third-order valence-corrected chi connectivity index (χ3v) is 3.51. The van der Waals surface area contributed by atoms with Gasteiger partial charge in [0.25, 0.3) is 0 Å². The average molecular weight is 331 g/mol. The number of carbonyl (C=O) groups is 1. The Morgan fingerprint density at radius 1 is 1.58 bits per heavy atom. The van der Waals surface area contributed by atoms with Crippen LogP contribution in [0.1, 0.15) is 36.7 Å². The molecular formula is C13H23BrN4O. The van der Waals surface area contributed by atoms with Gasteiger partial charge in [0, 0.05) is 19.0 Å². The third-order valence-electron chi connectivity index (χ3n) is 2.92. The monoisotopic (exact) mass is 330 g/mol. The first-order valence-corrected chi connectivity index (χ1v) is 7.39. The predicted molar refractivity (Wildman–Crippen MR) is 80.3 cm³/mol. The molecule has 19 heavy (non-hydrogen) atoms. The van der Waals surface area contributed by atoms with Gasteiger partial charge in [0.05, 0.1) is 17.2 Å². The summed E-state index contributed by atoms with van der Waals surface area (Å²) >= 11 is 3.40. The standard InChI is InChI=1S/C13H23BrN4O/c1-4-5-10(15)8-12(19)13-11(14)9-16-18(13)7-6-17(2)3/h9-10H,4-8,15H2,1-3H3. The van der Waals surface area contributed by atoms with E-state index in [1.165, 1.54) is 0 Å². The highest BCUT2D eigenvalue weighted by atomic mass is 79.9. The van der Waals surface area contributed by atoms with Crippen molar-refractivity contribution in [3.8, 4) is 0 Å². The predicted octanol–water partition coefficient (Wildman–Crippen LogP) is 1.91. The molecule has 1 unspecified atom stereocenters. The highest BCUT2D eigenvalue weighted by Gasteiger charge is 2.19. The van der Waals surface area contributed by atoms with E-state index in [9.17, 15) is 4.79 Å². The summed E-state index contributed by atoms with van der Waals surface area (Å²) in [6.45, 7) is 3.61. The molecule has 1 aromatic heterocycles. The molecule has 0 aliphatic carbocycles. The number of carbonyl (C=O) groups excluding carboxylic acids is 1. The Bertz CT molecular complexity index is 417. The van der Waals surface area contributed by atoms with Crippen molar-refractivity contribution in [3.63, 3.8) is 0 Å². The summed E-state index contributed by atoms with van der Waals surface area (Å²) in [6, 6.07) is -0.0680. The Morgan fingerprint density at radius 3 is 2.84 bits per heavy atom. The lowest BCUT2D eigenvalue weighted by Gasteiger charge is -2.13. The van der Waals surface area contributed by atoms with Crippen molar-refractivity contribution in [2.45, 2.75) is 38.8 Å². The largest absolute Gasteiger partial charge is 0.327 e. The molecule has 108 valence electrons. The van der Waals surface area contributed by atoms with Gasteiger partial charge >= 0.3 is 0 Å². The quantitative estimate of drug-likeness (QED) is 0.739. The molecule has 0 saturated carbocycles. The van der Waals surface area contributed by atoms with Gasteiger partial charge in [0.15, 0.2) is 5.78 Å². The van der Waals surface area contributed by atoms with Crippen LogP contribution in [0.5, 0.6) is 0 Å². The molecule has 1 rings (SSSR count). The summed E-state index contributed by atoms with van der Waals surface area (Å²) in [5, 5.41) is 4.24. The van der Waals surface area contributed by atoms with E-state index in [4.69, 9.17) is 5.73 Å². The van der Waals surface area contributed by atoms with Gasteiger partial charge in [-0.15, -0.1) is 0 Å². The van der Waals surface area contributed by atoms with Crippen molar-refractivity contribution in [1.29, 1.82) is 0 Å². The van der Waals surface area contributed by atoms with E-state index < -0.39 is 0 Å². The zero-order valence-electron chi connectivity index (χ0n) is 11.9. The first-order chi connectivity index (χ1) is 8.95. The van der Waals surface area contributed by atoms with E-state index in [-0.39, 0.29) is 11.8 Å². The van der Waals surface area contributed by atoms with Crippen LogP contribution in [0, 0.1) is 0 Å². The minimum atomic E-state index is -0.0680. The Balaban J connectivity index is 2.75. The van der Waals surface area contributed by atoms with Crippen LogP contribution in [0.2, 0.25) is 0 Å². The van der Waals surface area contributed by atoms with Crippen LogP contribution in [0.25, 0.3) is 0 Å². The number of ketones is 1. The van der Waals surface area contributed by atoms with Gasteiger partial charge in [-0.1, -0.05) is 13.3 Å². The number of halogens is 1. The maximum Gasteiger partial charge on any atom is 0.183 e. The van der Waals surface area contributed by atoms with Crippen LogP contribution in [0.15, 0.2) is 10.7 Å². The highest BCUT2D eigenvalue weighted by Crippen LogP contribution is 2.19. The van der Waals surface area contributed by atoms with Gasteiger partial charge in [-0.3, -0.25) is 9.48 Å². The maximum atomic E-state index is 12.3. The third kappa shape index (κ3) is 5.04. The summed E-state index contributed by atoms with van der Waals surface area (Å²) in [7, 11) is 3.99. The van der Waals surface area contributed by atoms with Gasteiger partial charge in [0.2, 0.25) is 0 Å². The lowest BCUT2D eigenvalue weighted by Crippen LogP contribution is -2.26. The zero-order valence-corrected chi connectivity index (χ0v) is 13.5. The van der Waals surface area contributed by atoms with Crippen molar-refractivity contribution in [1.82, 2.24) is 14.7 Å². The minimum absolute atomic E-state index is 0.0593. The fourth-order valence-electron chi connectivity index (χ4n) is 1.91. The zero-order chi connectivity index (χ0) is 14.4. The van der Waals surface area contributed by atoms with Crippen molar-refractivity contribution >= 4 is 21.7 Å². The normalized spacial score (nSPS) is 12.9. The van der Waals surface area contributed by atoms with E-state index >= 15 is 0 Å². The number of likely N-dealkylation sites (N-methyl/N-ethyl adjacent to an activating group) is 1. The first kappa shape index (κ1) is 16.3. The van der Waals surface area contributed by atoms with Crippen molar-refractivity contribution in [2.24, 2.45) is 5.73 Å². The van der Waals surface area contributed by atoms with Crippen molar-refractivity contribution in [2.75, 3.05) is 20.6 Å². The molecular weight excluding hydrogens is 308 g/mol. The van der Waals surface area contributed by atoms with Crippen molar-refractivity contribution < 1.29 is 4.79 Å². The summed E-state index contributed by atoms with van der Waals surface area (Å²) in [5.74, 6) is 0.0593. The van der Waals surface area contributed by atoms with Gasteiger partial charge in [-0.05, 0) is 36.4 Å². The van der Waals surface area contributed by atoms with E-state index in [2.05, 4.69) is 32.9 Å². The van der Waals surface area contributed by atoms with Gasteiger partial charge in [-0.2, -0.15) is 5.10 Å². The molecule has 0 aliphatic heterocycles. The molecule has 0 bridgehead atoms. The van der Waals surface area contributed by atoms with Crippen LogP contribution in [0.3, 0.4) is 0 Å². The molecule has 0 amide bonds. The number of hydrogen-bond acceptors (Lipinski definition) is 4. The Morgan fingerprint density at radius 2 is 2.26 bits per heavy atom. The van der Waals surface area contributed by atoms with E-state index in [1.54, 1.807) is 10.9 Å². The second-order valence-corrected chi connectivity index (χ2v) is 5.90. The molecule has 1 atom stereocenters. The fraction of sp³-hybridized carbons (Fsp3) is 0.692. The summed E-state index contributed by atoms with van der Waals surface area (Å²) < 4.78 is 2.51. The SMILES string of the molecule is CCCC(N)CC(=O)c1c(Br)cnn1CCN(C)C. The van der Waals surface area contributed by atoms with E-state index in [1.807, 2.05) is 14.1 Å². The minimum Gasteiger partial charge on any atom is -0.327 e. The number of Topliss-reactive ketones (excluding diaryl/α,β-unsaturated/α-hetero) is 1. The highest BCUT2D eigenvalue weighted by molar-refractivity contribution is 9.10. The van der Waals surface area contributed by atoms with Gasteiger partial charge in [-0.25, -0.2) is 0 Å². The smallest absolute Gasteiger partial charge is 0.183 e. The lowest BCUT2D eigenvalue weighted by molar-refractivity contribution is 0.0961. The van der Waals surface area contributed by atoms with E-state index in [0.29, 0.717) is 18.7 Å². The van der Waals surface area contributed by atoms with Gasteiger partial charge in [0.1, 0.15) is 5.69 Å². The molecule has 6 heteroatoms. The van der Waals surface area contributed by atoms with Crippen LogP contribution in [-0.2, 0) is 6.54 Å². The molecule has 1 aromatic rings. The van der Waals surface area contributed by atoms with Crippen LogP contribution < -0.4 is 5.73 Å². The Labute approximate surface area is 123 Å². The fourth-order valence-corrected chi connectivity index (χ4v) is 2.43. The molecule has 0 spiro atoms. The van der Waals surface area contributed by atoms with Crippen LogP contribution in [0.4, 0.5) is 0 Å². The summed E-state index contributed by atoms with van der Waals surface area (Å²) in [6.07, 6.45) is 3.92. The van der Waals surface area contributed by atoms with Crippen molar-refractivity contribution in [3.05, 3.63) is 16.4 Å². The second-order valence-electron chi connectivity index (χ2n) is 5.04. The summed E-state index contributed by atoms with van der Waals surface area (Å²) in [4.78, 5) is 14.4. The average Bonchev–Trinajstić information content (AvgIpc) is 2.68. The number of nitrogens with two attached hydrogens (primary N) is 1. The molecule has 5 nitrogen and oxygen atoms in total. The molecule has 0 aliphatic rings. The maximum absolute atomic E-state index is 12.3. The number of aromatic nitrogens is 2. The van der Waals surface area contributed by atoms with Crippen LogP contribution >= 0.6 is 15.9 Å². The van der Waals surface area contributed by atoms with E-state index in [0.717, 1.165) is 23.9 Å². The Kier molecular flexibility index (Phi) is 6.68. The van der Waals surface area contributed by atoms with Crippen LogP contribution in [-0.4, -0.2) is 47.1 Å². The number of hydrogen-bond donors (Lipinski definition) is 1. The Hall–Kier alpha value is -0.720. The first-order valence-electron chi connectivity index (χ1n) is 6.60. The topological polar surface area (TPSA) is 64.2 Å². The second kappa shape index (κ2) is 7.77. The lowest BCUT2D eigenvalue weighted by atomic mass is 10.0. The molecule has 0 radical (unpaired) electrons. The molecule has 0 aromatic carbocycles.